The summed E-state index contributed by atoms with van der Waals surface area (Å²) in [6, 6.07) is 8.27. The number of pyridine rings is 2. The van der Waals surface area contributed by atoms with E-state index < -0.39 is 0 Å². The molecule has 0 radical (unpaired) electrons. The summed E-state index contributed by atoms with van der Waals surface area (Å²) in [7, 11) is 0. The fourth-order valence-corrected chi connectivity index (χ4v) is 1.63. The summed E-state index contributed by atoms with van der Waals surface area (Å²) in [5, 5.41) is 0. The Labute approximate surface area is 103 Å². The smallest absolute Gasteiger partial charge is 0.0717 e. The first-order valence-electron chi connectivity index (χ1n) is 5.86. The van der Waals surface area contributed by atoms with Gasteiger partial charge in [0, 0.05) is 23.7 Å². The van der Waals surface area contributed by atoms with Crippen molar-refractivity contribution in [3.05, 3.63) is 47.9 Å². The van der Waals surface area contributed by atoms with Crippen molar-refractivity contribution >= 4 is 0 Å². The summed E-state index contributed by atoms with van der Waals surface area (Å²) in [6.07, 6.45) is 3.82. The third-order valence-electron chi connectivity index (χ3n) is 2.84. The zero-order valence-corrected chi connectivity index (χ0v) is 10.9. The quantitative estimate of drug-likeness (QED) is 0.740. The highest BCUT2D eigenvalue weighted by atomic mass is 14.7. The molecule has 0 bridgehead atoms. The Morgan fingerprint density at radius 2 is 1.65 bits per heavy atom. The minimum absolute atomic E-state index is 0.150. The molecule has 2 heteroatoms. The summed E-state index contributed by atoms with van der Waals surface area (Å²) >= 11 is 0. The van der Waals surface area contributed by atoms with Gasteiger partial charge in [0.25, 0.3) is 0 Å². The highest BCUT2D eigenvalue weighted by Crippen LogP contribution is 2.23. The van der Waals surface area contributed by atoms with Gasteiger partial charge in [-0.3, -0.25) is 9.97 Å². The fraction of sp³-hybridized carbons (Fsp3) is 0.333. The van der Waals surface area contributed by atoms with Crippen LogP contribution < -0.4 is 0 Å². The van der Waals surface area contributed by atoms with E-state index in [0.29, 0.717) is 0 Å². The molecule has 0 saturated carbocycles. The number of nitrogens with zero attached hydrogens (tertiary/aromatic N) is 2. The molecule has 0 N–H and O–H groups in total. The van der Waals surface area contributed by atoms with Crippen LogP contribution in [0.25, 0.3) is 11.3 Å². The lowest BCUT2D eigenvalue weighted by Crippen LogP contribution is -2.11. The second kappa shape index (κ2) is 4.28. The van der Waals surface area contributed by atoms with Crippen LogP contribution in [0.3, 0.4) is 0 Å². The molecular formula is C15H18N2. The Bertz CT molecular complexity index is 490. The van der Waals surface area contributed by atoms with Gasteiger partial charge < -0.3 is 0 Å². The first-order valence-corrected chi connectivity index (χ1v) is 5.86. The van der Waals surface area contributed by atoms with E-state index in [2.05, 4.69) is 48.9 Å². The molecule has 0 spiro atoms. The maximum Gasteiger partial charge on any atom is 0.0717 e. The van der Waals surface area contributed by atoms with Crippen molar-refractivity contribution in [3.63, 3.8) is 0 Å². The van der Waals surface area contributed by atoms with Crippen LogP contribution >= 0.6 is 0 Å². The Kier molecular flexibility index (Phi) is 2.97. The number of aromatic nitrogens is 2. The summed E-state index contributed by atoms with van der Waals surface area (Å²) in [5.41, 5.74) is 4.47. The Morgan fingerprint density at radius 3 is 2.12 bits per heavy atom. The van der Waals surface area contributed by atoms with Crippen LogP contribution in [0.4, 0.5) is 0 Å². The molecule has 0 fully saturated rings. The Balaban J connectivity index is 2.33. The first kappa shape index (κ1) is 11.8. The maximum atomic E-state index is 4.51. The van der Waals surface area contributed by atoms with Gasteiger partial charge in [-0.1, -0.05) is 26.8 Å². The molecule has 0 aliphatic carbocycles. The molecule has 2 nitrogen and oxygen atoms in total. The third kappa shape index (κ3) is 2.70. The van der Waals surface area contributed by atoms with E-state index in [9.17, 15) is 0 Å². The van der Waals surface area contributed by atoms with Crippen molar-refractivity contribution in [2.75, 3.05) is 0 Å². The molecule has 0 unspecified atom stereocenters. The maximum absolute atomic E-state index is 4.51. The van der Waals surface area contributed by atoms with Gasteiger partial charge in [0.05, 0.1) is 5.69 Å². The van der Waals surface area contributed by atoms with Crippen LogP contribution in [-0.2, 0) is 5.41 Å². The second-order valence-corrected chi connectivity index (χ2v) is 5.37. The normalized spacial score (nSPS) is 11.5. The van der Waals surface area contributed by atoms with E-state index in [4.69, 9.17) is 0 Å². The predicted octanol–water partition coefficient (Wildman–Crippen LogP) is 3.75. The molecule has 0 amide bonds. The predicted molar refractivity (Wildman–Crippen MR) is 70.9 cm³/mol. The number of rotatable bonds is 1. The largest absolute Gasteiger partial charge is 0.261 e. The molecule has 17 heavy (non-hydrogen) atoms. The van der Waals surface area contributed by atoms with E-state index in [1.165, 1.54) is 5.56 Å². The molecule has 2 rings (SSSR count). The summed E-state index contributed by atoms with van der Waals surface area (Å²) in [4.78, 5) is 8.79. The third-order valence-corrected chi connectivity index (χ3v) is 2.84. The van der Waals surface area contributed by atoms with Gasteiger partial charge in [-0.05, 0) is 36.1 Å². The summed E-state index contributed by atoms with van der Waals surface area (Å²) in [5.74, 6) is 0. The first-order chi connectivity index (χ1) is 7.97. The molecule has 0 atom stereocenters. The van der Waals surface area contributed by atoms with Gasteiger partial charge in [0.1, 0.15) is 0 Å². The van der Waals surface area contributed by atoms with Gasteiger partial charge in [0.15, 0.2) is 0 Å². The van der Waals surface area contributed by atoms with E-state index in [1.807, 2.05) is 25.4 Å². The lowest BCUT2D eigenvalue weighted by Gasteiger charge is -2.18. The standard InChI is InChI=1S/C15H18N2/c1-11-5-6-12(9-16-11)14-8-7-13(10-17-14)15(2,3)4/h5-10H,1-4H3. The zero-order chi connectivity index (χ0) is 12.5. The molecular weight excluding hydrogens is 208 g/mol. The van der Waals surface area contributed by atoms with Crippen LogP contribution in [0.2, 0.25) is 0 Å². The molecule has 2 heterocycles. The molecule has 0 aliphatic rings. The summed E-state index contributed by atoms with van der Waals surface area (Å²) < 4.78 is 0. The van der Waals surface area contributed by atoms with Crippen LogP contribution in [0.5, 0.6) is 0 Å². The van der Waals surface area contributed by atoms with Crippen molar-refractivity contribution < 1.29 is 0 Å². The number of hydrogen-bond acceptors (Lipinski definition) is 2. The molecule has 2 aromatic rings. The zero-order valence-electron chi connectivity index (χ0n) is 10.9. The molecule has 0 aromatic carbocycles. The lowest BCUT2D eigenvalue weighted by atomic mass is 9.88. The average Bonchev–Trinajstić information content (AvgIpc) is 2.29. The number of aryl methyl sites for hydroxylation is 1. The Morgan fingerprint density at radius 1 is 0.882 bits per heavy atom. The molecule has 0 aliphatic heterocycles. The van der Waals surface area contributed by atoms with E-state index in [-0.39, 0.29) is 5.41 Å². The highest BCUT2D eigenvalue weighted by Gasteiger charge is 2.13. The van der Waals surface area contributed by atoms with Gasteiger partial charge in [-0.25, -0.2) is 0 Å². The van der Waals surface area contributed by atoms with Crippen molar-refractivity contribution in [2.24, 2.45) is 0 Å². The van der Waals surface area contributed by atoms with Crippen molar-refractivity contribution in [3.8, 4) is 11.3 Å². The summed E-state index contributed by atoms with van der Waals surface area (Å²) in [6.45, 7) is 8.56. The van der Waals surface area contributed by atoms with Gasteiger partial charge in [-0.2, -0.15) is 0 Å². The Hall–Kier alpha value is -1.70. The van der Waals surface area contributed by atoms with E-state index in [0.717, 1.165) is 17.0 Å². The van der Waals surface area contributed by atoms with Crippen LogP contribution in [0.15, 0.2) is 36.7 Å². The number of hydrogen-bond donors (Lipinski definition) is 0. The highest BCUT2D eigenvalue weighted by molar-refractivity contribution is 5.57. The van der Waals surface area contributed by atoms with Gasteiger partial charge in [-0.15, -0.1) is 0 Å². The lowest BCUT2D eigenvalue weighted by molar-refractivity contribution is 0.587. The fourth-order valence-electron chi connectivity index (χ4n) is 1.63. The second-order valence-electron chi connectivity index (χ2n) is 5.37. The van der Waals surface area contributed by atoms with Crippen molar-refractivity contribution in [1.82, 2.24) is 9.97 Å². The molecule has 2 aromatic heterocycles. The van der Waals surface area contributed by atoms with Crippen LogP contribution in [-0.4, -0.2) is 9.97 Å². The minimum Gasteiger partial charge on any atom is -0.261 e. The van der Waals surface area contributed by atoms with E-state index in [1.54, 1.807) is 0 Å². The van der Waals surface area contributed by atoms with Crippen molar-refractivity contribution in [2.45, 2.75) is 33.1 Å². The average molecular weight is 226 g/mol. The topological polar surface area (TPSA) is 25.8 Å². The SMILES string of the molecule is Cc1ccc(-c2ccc(C(C)(C)C)cn2)cn1. The van der Waals surface area contributed by atoms with Crippen molar-refractivity contribution in [1.29, 1.82) is 0 Å². The minimum atomic E-state index is 0.150. The van der Waals surface area contributed by atoms with E-state index >= 15 is 0 Å². The molecule has 0 saturated heterocycles. The van der Waals surface area contributed by atoms with Gasteiger partial charge in [0.2, 0.25) is 0 Å². The van der Waals surface area contributed by atoms with Crippen LogP contribution in [0.1, 0.15) is 32.0 Å². The van der Waals surface area contributed by atoms with Crippen LogP contribution in [0, 0.1) is 6.92 Å². The molecule has 88 valence electrons. The van der Waals surface area contributed by atoms with Gasteiger partial charge >= 0.3 is 0 Å². The monoisotopic (exact) mass is 226 g/mol.